The number of nitrogen functional groups attached to an aromatic ring is 1. The van der Waals surface area contributed by atoms with E-state index >= 15 is 8.78 Å². The highest BCUT2D eigenvalue weighted by molar-refractivity contribution is 5.92. The highest BCUT2D eigenvalue weighted by Gasteiger charge is 2.49. The van der Waals surface area contributed by atoms with Crippen molar-refractivity contribution in [2.24, 2.45) is 0 Å². The summed E-state index contributed by atoms with van der Waals surface area (Å²) in [5, 5.41) is 11.6. The summed E-state index contributed by atoms with van der Waals surface area (Å²) in [6.45, 7) is 0.594. The number of aromatic nitrogens is 6. The molecule has 4 heterocycles. The number of fused-ring (bicyclic) bond motifs is 2. The predicted molar refractivity (Wildman–Crippen MR) is 116 cm³/mol. The van der Waals surface area contributed by atoms with Crippen molar-refractivity contribution in [3.05, 3.63) is 30.0 Å². The number of anilines is 1. The molecule has 4 aromatic rings. The topological polar surface area (TPSA) is 99.4 Å². The third-order valence-corrected chi connectivity index (χ3v) is 6.30. The van der Waals surface area contributed by atoms with Gasteiger partial charge in [0.25, 0.3) is 5.92 Å². The summed E-state index contributed by atoms with van der Waals surface area (Å²) in [4.78, 5) is 5.59. The first kappa shape index (κ1) is 23.2. The summed E-state index contributed by atoms with van der Waals surface area (Å²) < 4.78 is 77.8. The fourth-order valence-corrected chi connectivity index (χ4v) is 4.62. The zero-order valence-electron chi connectivity index (χ0n) is 18.9. The van der Waals surface area contributed by atoms with Gasteiger partial charge in [-0.15, -0.1) is 10.2 Å². The van der Waals surface area contributed by atoms with E-state index in [9.17, 15) is 13.2 Å². The van der Waals surface area contributed by atoms with E-state index in [0.717, 1.165) is 11.6 Å². The average molecular weight is 496 g/mol. The van der Waals surface area contributed by atoms with Crippen LogP contribution in [0.15, 0.2) is 24.4 Å². The lowest BCUT2D eigenvalue weighted by Gasteiger charge is -2.19. The molecule has 0 amide bonds. The van der Waals surface area contributed by atoms with Crippen LogP contribution in [0.1, 0.15) is 24.4 Å². The molecule has 14 heteroatoms. The third-order valence-electron chi connectivity index (χ3n) is 6.30. The Labute approximate surface area is 195 Å². The second-order valence-corrected chi connectivity index (χ2v) is 8.70. The lowest BCUT2D eigenvalue weighted by atomic mass is 9.90. The first-order valence-corrected chi connectivity index (χ1v) is 10.6. The maximum absolute atomic E-state index is 15.0. The van der Waals surface area contributed by atoms with E-state index in [1.54, 1.807) is 13.1 Å². The van der Waals surface area contributed by atoms with Gasteiger partial charge < -0.3 is 10.5 Å². The van der Waals surface area contributed by atoms with Crippen molar-refractivity contribution >= 4 is 22.5 Å². The van der Waals surface area contributed by atoms with E-state index in [0.29, 0.717) is 11.1 Å². The van der Waals surface area contributed by atoms with Gasteiger partial charge in [-0.2, -0.15) is 18.2 Å². The Bertz CT molecular complexity index is 1430. The number of hydrogen-bond donors (Lipinski definition) is 1. The van der Waals surface area contributed by atoms with Crippen molar-refractivity contribution < 1.29 is 26.7 Å². The maximum atomic E-state index is 15.0. The van der Waals surface area contributed by atoms with Crippen LogP contribution in [0.4, 0.5) is 27.9 Å². The Hall–Kier alpha value is -3.55. The molecule has 1 fully saturated rings. The molecule has 0 saturated carbocycles. The highest BCUT2D eigenvalue weighted by Crippen LogP contribution is 2.47. The van der Waals surface area contributed by atoms with Gasteiger partial charge in [-0.3, -0.25) is 4.90 Å². The molecule has 3 aromatic heterocycles. The Morgan fingerprint density at radius 1 is 1.26 bits per heavy atom. The van der Waals surface area contributed by atoms with Crippen LogP contribution in [-0.2, 0) is 0 Å². The second-order valence-electron chi connectivity index (χ2n) is 8.70. The van der Waals surface area contributed by atoms with E-state index in [2.05, 4.69) is 20.4 Å². The van der Waals surface area contributed by atoms with Crippen molar-refractivity contribution in [3.8, 4) is 17.0 Å². The molecule has 1 aliphatic rings. The largest absolute Gasteiger partial charge is 0.479 e. The molecule has 0 spiro atoms. The van der Waals surface area contributed by atoms with Gasteiger partial charge in [-0.1, -0.05) is 11.3 Å². The average Bonchev–Trinajstić information content (AvgIpc) is 3.43. The lowest BCUT2D eigenvalue weighted by molar-refractivity contribution is -0.164. The van der Waals surface area contributed by atoms with Gasteiger partial charge >= 0.3 is 6.18 Å². The van der Waals surface area contributed by atoms with Crippen LogP contribution >= 0.6 is 0 Å². The molecule has 186 valence electrons. The van der Waals surface area contributed by atoms with Crippen molar-refractivity contribution in [2.45, 2.75) is 31.0 Å². The molecule has 0 bridgehead atoms. The molecular formula is C21H21F5N8O. The molecule has 0 radical (unpaired) electrons. The van der Waals surface area contributed by atoms with E-state index < -0.39 is 30.6 Å². The van der Waals surface area contributed by atoms with Gasteiger partial charge in [-0.05, 0) is 37.2 Å². The van der Waals surface area contributed by atoms with E-state index in [1.807, 2.05) is 0 Å². The van der Waals surface area contributed by atoms with Gasteiger partial charge in [0.15, 0.2) is 0 Å². The van der Waals surface area contributed by atoms with Crippen molar-refractivity contribution in [1.29, 1.82) is 0 Å². The normalized spacial score (nSPS) is 19.6. The van der Waals surface area contributed by atoms with Crippen LogP contribution in [0.3, 0.4) is 0 Å². The molecule has 0 aliphatic carbocycles. The number of hydrogen-bond acceptors (Lipinski definition) is 7. The minimum Gasteiger partial charge on any atom is -0.479 e. The molecule has 2 N–H and O–H groups in total. The molecule has 5 rings (SSSR count). The van der Waals surface area contributed by atoms with E-state index in [-0.39, 0.29) is 40.5 Å². The first-order chi connectivity index (χ1) is 16.4. The number of halogens is 5. The summed E-state index contributed by atoms with van der Waals surface area (Å²) in [5.74, 6) is -4.35. The number of benzene rings is 1. The number of ether oxygens (including phenoxy) is 1. The number of likely N-dealkylation sites (tertiary alicyclic amines) is 1. The van der Waals surface area contributed by atoms with Gasteiger partial charge in [0.1, 0.15) is 17.1 Å². The monoisotopic (exact) mass is 496 g/mol. The van der Waals surface area contributed by atoms with Crippen LogP contribution in [0.5, 0.6) is 5.88 Å². The van der Waals surface area contributed by atoms with Gasteiger partial charge in [0.2, 0.25) is 11.8 Å². The van der Waals surface area contributed by atoms with Crippen molar-refractivity contribution in [2.75, 3.05) is 33.0 Å². The Kier molecular flexibility index (Phi) is 5.12. The molecule has 1 aromatic carbocycles. The van der Waals surface area contributed by atoms with E-state index in [1.165, 1.54) is 34.9 Å². The number of methoxy groups -OCH3 is 1. The Morgan fingerprint density at radius 3 is 2.63 bits per heavy atom. The molecule has 0 unspecified atom stereocenters. The fourth-order valence-electron chi connectivity index (χ4n) is 4.62. The quantitative estimate of drug-likeness (QED) is 0.432. The minimum atomic E-state index is -4.56. The smallest absolute Gasteiger partial charge is 0.410 e. The van der Waals surface area contributed by atoms with Crippen LogP contribution in [0.2, 0.25) is 0 Å². The van der Waals surface area contributed by atoms with Gasteiger partial charge in [-0.25, -0.2) is 18.0 Å². The molecule has 1 saturated heterocycles. The third kappa shape index (κ3) is 3.72. The number of nitrogens with zero attached hydrogens (tertiary/aromatic N) is 7. The number of likely N-dealkylation sites (N-methyl/N-ethyl adjacent to an activating group) is 1. The zero-order valence-corrected chi connectivity index (χ0v) is 18.9. The maximum Gasteiger partial charge on any atom is 0.410 e. The second kappa shape index (κ2) is 7.73. The molecule has 9 nitrogen and oxygen atoms in total. The van der Waals surface area contributed by atoms with Crippen LogP contribution in [-0.4, -0.2) is 73.8 Å². The molecule has 1 aliphatic heterocycles. The summed E-state index contributed by atoms with van der Waals surface area (Å²) in [6, 6.07) is 2.58. The number of nitrogens with two attached hydrogens (primary N) is 1. The number of rotatable bonds is 4. The standard InChI is InChI=1S/C21H21F5N8O/c1-10(21(24,25)26)34-15-6-11(4-5-14(15)29-31-34)16-12(13-8-32(2)9-20(13,22)23)7-33-17(16)18(35-3)28-19(27)30-33/h4-7,10,13H,8-9H2,1-3H3,(H2,27,30)/t10-,13-/m0/s1. The van der Waals surface area contributed by atoms with Crippen molar-refractivity contribution in [1.82, 2.24) is 34.5 Å². The number of alkyl halides is 5. The first-order valence-electron chi connectivity index (χ1n) is 10.6. The molecular weight excluding hydrogens is 475 g/mol. The van der Waals surface area contributed by atoms with Crippen molar-refractivity contribution in [3.63, 3.8) is 0 Å². The van der Waals surface area contributed by atoms with Gasteiger partial charge in [0, 0.05) is 18.3 Å². The van der Waals surface area contributed by atoms with Crippen LogP contribution in [0.25, 0.3) is 27.7 Å². The summed E-state index contributed by atoms with van der Waals surface area (Å²) in [6.07, 6.45) is -3.11. The summed E-state index contributed by atoms with van der Waals surface area (Å²) >= 11 is 0. The summed E-state index contributed by atoms with van der Waals surface area (Å²) in [7, 11) is 2.94. The summed E-state index contributed by atoms with van der Waals surface area (Å²) in [5.41, 5.74) is 7.31. The lowest BCUT2D eigenvalue weighted by Crippen LogP contribution is -2.25. The van der Waals surface area contributed by atoms with Crippen LogP contribution in [0, 0.1) is 0 Å². The fraction of sp³-hybridized carbons (Fsp3) is 0.429. The SMILES string of the molecule is COc1nc(N)nn2cc([C@@H]3CN(C)CC3(F)F)c(-c3ccc4nnn([C@@H](C)C(F)(F)F)c4c3)c12. The predicted octanol–water partition coefficient (Wildman–Crippen LogP) is 3.52. The molecule has 2 atom stereocenters. The molecule has 35 heavy (non-hydrogen) atoms. The Balaban J connectivity index is 1.80. The van der Waals surface area contributed by atoms with E-state index in [4.69, 9.17) is 10.5 Å². The zero-order chi connectivity index (χ0) is 25.3. The van der Waals surface area contributed by atoms with Crippen LogP contribution < -0.4 is 10.5 Å². The Morgan fingerprint density at radius 2 is 2.00 bits per heavy atom. The minimum absolute atomic E-state index is 0.0452. The highest BCUT2D eigenvalue weighted by atomic mass is 19.4. The van der Waals surface area contributed by atoms with Gasteiger partial charge in [0.05, 0.1) is 25.1 Å².